The summed E-state index contributed by atoms with van der Waals surface area (Å²) in [5, 5.41) is 13.8. The molecule has 2 aliphatic rings. The van der Waals surface area contributed by atoms with E-state index >= 15 is 0 Å². The van der Waals surface area contributed by atoms with Crippen LogP contribution in [0.3, 0.4) is 0 Å². The minimum absolute atomic E-state index is 0.00822. The Kier molecular flexibility index (Phi) is 2.76. The third-order valence-electron chi connectivity index (χ3n) is 3.97. The second kappa shape index (κ2) is 4.18. The van der Waals surface area contributed by atoms with E-state index in [0.717, 1.165) is 12.8 Å². The van der Waals surface area contributed by atoms with Gasteiger partial charge >= 0.3 is 6.18 Å². The number of nitrogens with zero attached hydrogens (tertiary/aromatic N) is 4. The third-order valence-corrected chi connectivity index (χ3v) is 3.97. The van der Waals surface area contributed by atoms with Crippen LogP contribution in [0.25, 0.3) is 0 Å². The van der Waals surface area contributed by atoms with Gasteiger partial charge in [-0.25, -0.2) is 0 Å². The Morgan fingerprint density at radius 1 is 1.22 bits per heavy atom. The van der Waals surface area contributed by atoms with Crippen LogP contribution in [0.2, 0.25) is 0 Å². The average molecular weight is 261 g/mol. The molecule has 0 aromatic carbocycles. The Morgan fingerprint density at radius 2 is 1.89 bits per heavy atom. The van der Waals surface area contributed by atoms with E-state index < -0.39 is 12.7 Å². The molecule has 2 fully saturated rings. The third kappa shape index (κ3) is 2.21. The van der Waals surface area contributed by atoms with Crippen LogP contribution >= 0.6 is 0 Å². The van der Waals surface area contributed by atoms with E-state index in [-0.39, 0.29) is 18.0 Å². The highest BCUT2D eigenvalue weighted by Gasteiger charge is 2.46. The predicted molar refractivity (Wildman–Crippen MR) is 55.7 cm³/mol. The molecule has 3 heterocycles. The Morgan fingerprint density at radius 3 is 2.39 bits per heavy atom. The van der Waals surface area contributed by atoms with Gasteiger partial charge < -0.3 is 0 Å². The van der Waals surface area contributed by atoms with Crippen molar-refractivity contribution in [3.63, 3.8) is 0 Å². The van der Waals surface area contributed by atoms with Crippen LogP contribution in [-0.2, 0) is 0 Å². The van der Waals surface area contributed by atoms with Crippen molar-refractivity contribution in [3.05, 3.63) is 5.82 Å². The lowest BCUT2D eigenvalue weighted by atomic mass is 9.90. The van der Waals surface area contributed by atoms with Crippen LogP contribution in [0, 0.1) is 0 Å². The van der Waals surface area contributed by atoms with Crippen molar-refractivity contribution < 1.29 is 13.2 Å². The Bertz CT molecular complexity index is 390. The fraction of sp³-hybridized carbons (Fsp3) is 0.900. The topological polar surface area (TPSA) is 57.7 Å². The Hall–Kier alpha value is -1.18. The molecular weight excluding hydrogens is 247 g/mol. The number of aromatic nitrogens is 4. The molecule has 1 aromatic rings. The van der Waals surface area contributed by atoms with Gasteiger partial charge in [0.05, 0.1) is 6.54 Å². The van der Waals surface area contributed by atoms with Crippen molar-refractivity contribution in [2.75, 3.05) is 6.54 Å². The van der Waals surface area contributed by atoms with Gasteiger partial charge in [0.2, 0.25) is 0 Å². The number of halogens is 3. The van der Waals surface area contributed by atoms with E-state index in [1.54, 1.807) is 4.90 Å². The van der Waals surface area contributed by atoms with Gasteiger partial charge in [-0.3, -0.25) is 4.90 Å². The van der Waals surface area contributed by atoms with Gasteiger partial charge in [-0.15, -0.1) is 10.2 Å². The van der Waals surface area contributed by atoms with Crippen molar-refractivity contribution in [2.24, 2.45) is 0 Å². The lowest BCUT2D eigenvalue weighted by molar-refractivity contribution is -0.155. The van der Waals surface area contributed by atoms with Crippen LogP contribution in [0.4, 0.5) is 13.2 Å². The largest absolute Gasteiger partial charge is 0.401 e. The smallest absolute Gasteiger partial charge is 0.289 e. The fourth-order valence-electron chi connectivity index (χ4n) is 3.29. The maximum atomic E-state index is 12.5. The van der Waals surface area contributed by atoms with E-state index in [4.69, 9.17) is 0 Å². The molecule has 2 aliphatic heterocycles. The molecule has 5 nitrogen and oxygen atoms in total. The molecule has 0 aliphatic carbocycles. The molecule has 1 aromatic heterocycles. The molecule has 0 radical (unpaired) electrons. The molecule has 2 atom stereocenters. The molecule has 18 heavy (non-hydrogen) atoms. The number of hydrogen-bond donors (Lipinski definition) is 1. The number of piperidine rings is 1. The maximum absolute atomic E-state index is 12.5. The van der Waals surface area contributed by atoms with Gasteiger partial charge in [0.1, 0.15) is 0 Å². The zero-order valence-corrected chi connectivity index (χ0v) is 9.69. The van der Waals surface area contributed by atoms with E-state index in [0.29, 0.717) is 18.7 Å². The van der Waals surface area contributed by atoms with Gasteiger partial charge in [-0.05, 0) is 25.7 Å². The minimum atomic E-state index is -4.11. The summed E-state index contributed by atoms with van der Waals surface area (Å²) in [6, 6.07) is 0.0164. The fourth-order valence-corrected chi connectivity index (χ4v) is 3.29. The summed E-state index contributed by atoms with van der Waals surface area (Å²) >= 11 is 0. The van der Waals surface area contributed by atoms with Gasteiger partial charge in [0.25, 0.3) is 0 Å². The summed E-state index contributed by atoms with van der Waals surface area (Å²) in [4.78, 5) is 1.61. The van der Waals surface area contributed by atoms with E-state index in [2.05, 4.69) is 20.6 Å². The van der Waals surface area contributed by atoms with Crippen molar-refractivity contribution in [1.29, 1.82) is 0 Å². The maximum Gasteiger partial charge on any atom is 0.401 e. The molecule has 2 saturated heterocycles. The number of nitrogens with one attached hydrogen (secondary N) is 1. The molecule has 0 spiro atoms. The molecule has 100 valence electrons. The highest BCUT2D eigenvalue weighted by molar-refractivity contribution is 5.04. The zero-order chi connectivity index (χ0) is 12.8. The SMILES string of the molecule is FC(F)(F)CN1C2CCC1CC(c1nn[nH]n1)C2. The Labute approximate surface area is 102 Å². The molecule has 2 bridgehead atoms. The van der Waals surface area contributed by atoms with Gasteiger partial charge in [0.15, 0.2) is 5.82 Å². The van der Waals surface area contributed by atoms with Crippen LogP contribution in [0.1, 0.15) is 37.4 Å². The predicted octanol–water partition coefficient (Wildman–Crippen LogP) is 1.47. The van der Waals surface area contributed by atoms with Crippen LogP contribution in [0.5, 0.6) is 0 Å². The van der Waals surface area contributed by atoms with Gasteiger partial charge in [-0.2, -0.15) is 18.4 Å². The first-order chi connectivity index (χ1) is 8.53. The van der Waals surface area contributed by atoms with Crippen molar-refractivity contribution in [2.45, 2.75) is 49.9 Å². The zero-order valence-electron chi connectivity index (χ0n) is 9.69. The lowest BCUT2D eigenvalue weighted by Crippen LogP contribution is -2.46. The number of fused-ring (bicyclic) bond motifs is 2. The Balaban J connectivity index is 1.71. The molecule has 8 heteroatoms. The first kappa shape index (κ1) is 11.9. The summed E-state index contributed by atoms with van der Waals surface area (Å²) in [6.07, 6.45) is -1.03. The van der Waals surface area contributed by atoms with Crippen molar-refractivity contribution >= 4 is 0 Å². The number of aromatic amines is 1. The minimum Gasteiger partial charge on any atom is -0.289 e. The lowest BCUT2D eigenvalue weighted by Gasteiger charge is -2.38. The molecule has 0 saturated carbocycles. The molecule has 3 rings (SSSR count). The number of rotatable bonds is 2. The second-order valence-electron chi connectivity index (χ2n) is 5.11. The summed E-state index contributed by atoms with van der Waals surface area (Å²) in [5.74, 6) is 0.782. The quantitative estimate of drug-likeness (QED) is 0.876. The van der Waals surface area contributed by atoms with Gasteiger partial charge in [-0.1, -0.05) is 5.21 Å². The highest BCUT2D eigenvalue weighted by Crippen LogP contribution is 2.43. The molecule has 1 N–H and O–H groups in total. The molecule has 2 unspecified atom stereocenters. The number of tetrazole rings is 1. The number of alkyl halides is 3. The normalized spacial score (nSPS) is 32.9. The molecular formula is C10H14F3N5. The first-order valence-electron chi connectivity index (χ1n) is 6.09. The summed E-state index contributed by atoms with van der Waals surface area (Å²) < 4.78 is 37.5. The van der Waals surface area contributed by atoms with Crippen LogP contribution in [0.15, 0.2) is 0 Å². The second-order valence-corrected chi connectivity index (χ2v) is 5.11. The van der Waals surface area contributed by atoms with Crippen molar-refractivity contribution in [3.8, 4) is 0 Å². The van der Waals surface area contributed by atoms with Crippen molar-refractivity contribution in [1.82, 2.24) is 25.5 Å². The van der Waals surface area contributed by atoms with Gasteiger partial charge in [0, 0.05) is 18.0 Å². The average Bonchev–Trinajstić information content (AvgIpc) is 2.85. The van der Waals surface area contributed by atoms with E-state index in [9.17, 15) is 13.2 Å². The summed E-state index contributed by atoms with van der Waals surface area (Å²) in [5.41, 5.74) is 0. The molecule has 0 amide bonds. The monoisotopic (exact) mass is 261 g/mol. The first-order valence-corrected chi connectivity index (χ1v) is 6.09. The highest BCUT2D eigenvalue weighted by atomic mass is 19.4. The number of hydrogen-bond acceptors (Lipinski definition) is 4. The van der Waals surface area contributed by atoms with Crippen LogP contribution < -0.4 is 0 Å². The standard InChI is InChI=1S/C10H14F3N5/c11-10(12,13)5-18-7-1-2-8(18)4-6(3-7)9-14-16-17-15-9/h6-8H,1-5H2,(H,14,15,16,17). The van der Waals surface area contributed by atoms with Crippen LogP contribution in [-0.4, -0.2) is 50.3 Å². The van der Waals surface area contributed by atoms with E-state index in [1.807, 2.05) is 0 Å². The number of H-pyrrole nitrogens is 1. The summed E-state index contributed by atoms with van der Waals surface area (Å²) in [6.45, 7) is -0.790. The van der Waals surface area contributed by atoms with E-state index in [1.165, 1.54) is 0 Å². The summed E-state index contributed by atoms with van der Waals surface area (Å²) in [7, 11) is 0.